The van der Waals surface area contributed by atoms with Crippen molar-refractivity contribution in [1.29, 1.82) is 0 Å². The molecule has 2 aromatic rings. The molecule has 0 spiro atoms. The van der Waals surface area contributed by atoms with Crippen LogP contribution >= 0.6 is 0 Å². The Morgan fingerprint density at radius 2 is 1.92 bits per heavy atom. The summed E-state index contributed by atoms with van der Waals surface area (Å²) in [5.74, 6) is 1.88. The third-order valence-corrected chi connectivity index (χ3v) is 6.57. The van der Waals surface area contributed by atoms with Crippen molar-refractivity contribution >= 4 is 21.6 Å². The lowest BCUT2D eigenvalue weighted by atomic mass is 10.2. The van der Waals surface area contributed by atoms with Crippen molar-refractivity contribution in [2.24, 2.45) is 0 Å². The minimum atomic E-state index is -2.94. The SMILES string of the molecule is CCN(Cc1ccccc1)c1cc(C)nc(N(C)C2CCS(=O)(=O)C2)n1. The van der Waals surface area contributed by atoms with Gasteiger partial charge in [0.15, 0.2) is 9.84 Å². The summed E-state index contributed by atoms with van der Waals surface area (Å²) in [6, 6.07) is 12.2. The Hall–Kier alpha value is -2.15. The topological polar surface area (TPSA) is 66.4 Å². The molecule has 1 aromatic carbocycles. The molecule has 0 radical (unpaired) electrons. The first-order valence-electron chi connectivity index (χ1n) is 8.96. The monoisotopic (exact) mass is 374 g/mol. The predicted molar refractivity (Wildman–Crippen MR) is 105 cm³/mol. The first-order valence-corrected chi connectivity index (χ1v) is 10.8. The van der Waals surface area contributed by atoms with E-state index in [-0.39, 0.29) is 17.5 Å². The highest BCUT2D eigenvalue weighted by Crippen LogP contribution is 2.23. The van der Waals surface area contributed by atoms with Crippen LogP contribution in [0.2, 0.25) is 0 Å². The Kier molecular flexibility index (Phi) is 5.46. The van der Waals surface area contributed by atoms with Crippen LogP contribution in [0.25, 0.3) is 0 Å². The second-order valence-corrected chi connectivity index (χ2v) is 9.06. The first-order chi connectivity index (χ1) is 12.4. The molecule has 1 aliphatic heterocycles. The largest absolute Gasteiger partial charge is 0.352 e. The molecule has 26 heavy (non-hydrogen) atoms. The third kappa shape index (κ3) is 4.33. The van der Waals surface area contributed by atoms with E-state index in [4.69, 9.17) is 4.98 Å². The van der Waals surface area contributed by atoms with Crippen molar-refractivity contribution < 1.29 is 8.42 Å². The molecule has 0 N–H and O–H groups in total. The third-order valence-electron chi connectivity index (χ3n) is 4.82. The molecule has 6 nitrogen and oxygen atoms in total. The number of sulfone groups is 1. The van der Waals surface area contributed by atoms with E-state index < -0.39 is 9.84 Å². The van der Waals surface area contributed by atoms with Gasteiger partial charge in [0, 0.05) is 37.9 Å². The van der Waals surface area contributed by atoms with Gasteiger partial charge in [0.2, 0.25) is 5.95 Å². The van der Waals surface area contributed by atoms with Gasteiger partial charge in [-0.2, -0.15) is 4.98 Å². The molecule has 1 fully saturated rings. The van der Waals surface area contributed by atoms with Gasteiger partial charge in [0.05, 0.1) is 11.5 Å². The number of rotatable bonds is 6. The average Bonchev–Trinajstić information content (AvgIpc) is 2.99. The molecule has 140 valence electrons. The Balaban J connectivity index is 1.84. The standard InChI is InChI=1S/C19H26N4O2S/c1-4-23(13-16-8-6-5-7-9-16)18-12-15(2)20-19(21-18)22(3)17-10-11-26(24,25)14-17/h5-9,12,17H,4,10-11,13-14H2,1-3H3. The zero-order valence-corrected chi connectivity index (χ0v) is 16.4. The maximum Gasteiger partial charge on any atom is 0.227 e. The maximum absolute atomic E-state index is 11.8. The Morgan fingerprint density at radius 3 is 2.54 bits per heavy atom. The molecule has 3 rings (SSSR count). The van der Waals surface area contributed by atoms with E-state index in [1.165, 1.54) is 5.56 Å². The van der Waals surface area contributed by atoms with Gasteiger partial charge < -0.3 is 9.80 Å². The number of anilines is 2. The highest BCUT2D eigenvalue weighted by molar-refractivity contribution is 7.91. The van der Waals surface area contributed by atoms with Gasteiger partial charge in [-0.05, 0) is 25.8 Å². The van der Waals surface area contributed by atoms with Crippen LogP contribution in [0, 0.1) is 6.92 Å². The predicted octanol–water partition coefficient (Wildman–Crippen LogP) is 2.43. The highest BCUT2D eigenvalue weighted by Gasteiger charge is 2.32. The summed E-state index contributed by atoms with van der Waals surface area (Å²) in [7, 11) is -1.05. The summed E-state index contributed by atoms with van der Waals surface area (Å²) in [4.78, 5) is 13.4. The van der Waals surface area contributed by atoms with Gasteiger partial charge in [0.25, 0.3) is 0 Å². The summed E-state index contributed by atoms with van der Waals surface area (Å²) in [6.45, 7) is 5.65. The smallest absolute Gasteiger partial charge is 0.227 e. The molecule has 0 bridgehead atoms. The highest BCUT2D eigenvalue weighted by atomic mass is 32.2. The minimum Gasteiger partial charge on any atom is -0.352 e. The van der Waals surface area contributed by atoms with Gasteiger partial charge in [-0.15, -0.1) is 0 Å². The van der Waals surface area contributed by atoms with Crippen molar-refractivity contribution in [2.45, 2.75) is 32.9 Å². The van der Waals surface area contributed by atoms with Crippen molar-refractivity contribution in [1.82, 2.24) is 9.97 Å². The van der Waals surface area contributed by atoms with E-state index in [1.807, 2.05) is 43.1 Å². The van der Waals surface area contributed by atoms with Crippen LogP contribution in [-0.4, -0.2) is 49.5 Å². The summed E-state index contributed by atoms with van der Waals surface area (Å²) in [5.41, 5.74) is 2.10. The van der Waals surface area contributed by atoms with Crippen LogP contribution in [-0.2, 0) is 16.4 Å². The Labute approximate surface area is 155 Å². The maximum atomic E-state index is 11.8. The number of benzene rings is 1. The second-order valence-electron chi connectivity index (χ2n) is 6.84. The molecule has 1 aliphatic rings. The van der Waals surface area contributed by atoms with Crippen molar-refractivity contribution in [2.75, 3.05) is 34.9 Å². The fourth-order valence-corrected chi connectivity index (χ4v) is 5.03. The quantitative estimate of drug-likeness (QED) is 0.774. The zero-order valence-electron chi connectivity index (χ0n) is 15.6. The molecule has 1 aromatic heterocycles. The van der Waals surface area contributed by atoms with Crippen LogP contribution in [0.3, 0.4) is 0 Å². The first kappa shape index (κ1) is 18.6. The number of aromatic nitrogens is 2. The van der Waals surface area contributed by atoms with E-state index in [0.29, 0.717) is 12.4 Å². The molecule has 0 saturated carbocycles. The summed E-state index contributed by atoms with van der Waals surface area (Å²) in [5, 5.41) is 0. The normalized spacial score (nSPS) is 18.7. The van der Waals surface area contributed by atoms with Crippen LogP contribution in [0.5, 0.6) is 0 Å². The Bertz CT molecular complexity index is 855. The molecule has 2 heterocycles. The van der Waals surface area contributed by atoms with Gasteiger partial charge >= 0.3 is 0 Å². The fourth-order valence-electron chi connectivity index (χ4n) is 3.26. The second kappa shape index (κ2) is 7.61. The van der Waals surface area contributed by atoms with Crippen molar-refractivity contribution in [3.63, 3.8) is 0 Å². The van der Waals surface area contributed by atoms with Gasteiger partial charge in [0.1, 0.15) is 5.82 Å². The lowest BCUT2D eigenvalue weighted by molar-refractivity contribution is 0.600. The summed E-state index contributed by atoms with van der Waals surface area (Å²) in [6.07, 6.45) is 0.632. The van der Waals surface area contributed by atoms with Crippen molar-refractivity contribution in [3.8, 4) is 0 Å². The molecule has 7 heteroatoms. The average molecular weight is 375 g/mol. The van der Waals surface area contributed by atoms with E-state index in [9.17, 15) is 8.42 Å². The van der Waals surface area contributed by atoms with Crippen LogP contribution < -0.4 is 9.80 Å². The fraction of sp³-hybridized carbons (Fsp3) is 0.474. The van der Waals surface area contributed by atoms with E-state index in [1.54, 1.807) is 0 Å². The molecular formula is C19H26N4O2S. The molecular weight excluding hydrogens is 348 g/mol. The molecule has 1 unspecified atom stereocenters. The summed E-state index contributed by atoms with van der Waals surface area (Å²) >= 11 is 0. The number of hydrogen-bond donors (Lipinski definition) is 0. The van der Waals surface area contributed by atoms with Crippen LogP contribution in [0.4, 0.5) is 11.8 Å². The number of aryl methyl sites for hydroxylation is 1. The molecule has 1 atom stereocenters. The van der Waals surface area contributed by atoms with Crippen LogP contribution in [0.1, 0.15) is 24.6 Å². The van der Waals surface area contributed by atoms with E-state index >= 15 is 0 Å². The van der Waals surface area contributed by atoms with Gasteiger partial charge in [-0.3, -0.25) is 0 Å². The molecule has 0 amide bonds. The van der Waals surface area contributed by atoms with Crippen LogP contribution in [0.15, 0.2) is 36.4 Å². The Morgan fingerprint density at radius 1 is 1.19 bits per heavy atom. The van der Waals surface area contributed by atoms with Gasteiger partial charge in [-0.1, -0.05) is 30.3 Å². The lowest BCUT2D eigenvalue weighted by Crippen LogP contribution is -2.34. The number of hydrogen-bond acceptors (Lipinski definition) is 6. The minimum absolute atomic E-state index is 0.0566. The molecule has 0 aliphatic carbocycles. The van der Waals surface area contributed by atoms with Gasteiger partial charge in [-0.25, -0.2) is 13.4 Å². The van der Waals surface area contributed by atoms with E-state index in [0.717, 1.165) is 24.6 Å². The molecule has 1 saturated heterocycles. The lowest BCUT2D eigenvalue weighted by Gasteiger charge is -2.27. The van der Waals surface area contributed by atoms with Crippen molar-refractivity contribution in [3.05, 3.63) is 47.7 Å². The zero-order chi connectivity index (χ0) is 18.7. The number of nitrogens with zero attached hydrogens (tertiary/aromatic N) is 4. The summed E-state index contributed by atoms with van der Waals surface area (Å²) < 4.78 is 23.6. The van der Waals surface area contributed by atoms with E-state index in [2.05, 4.69) is 28.9 Å².